The third kappa shape index (κ3) is 8.18. The summed E-state index contributed by atoms with van der Waals surface area (Å²) in [5.41, 5.74) is 0.987. The van der Waals surface area contributed by atoms with Crippen LogP contribution in [-0.2, 0) is 16.1 Å². The van der Waals surface area contributed by atoms with Gasteiger partial charge in [-0.25, -0.2) is 0 Å². The molecule has 0 bridgehead atoms. The lowest BCUT2D eigenvalue weighted by atomic mass is 10.2. The Balaban J connectivity index is 1.88. The summed E-state index contributed by atoms with van der Waals surface area (Å²) in [6.07, 6.45) is -0.571. The highest BCUT2D eigenvalue weighted by atomic mass is 16.5. The number of aliphatic hydroxyl groups is 1. The molecule has 1 heterocycles. The molecule has 164 valence electrons. The number of β-amino-alcohol motifs (C(OH)–C–C–N with tert-alkyl or cyclic N) is 1. The van der Waals surface area contributed by atoms with Crippen LogP contribution < -0.4 is 9.47 Å². The number of piperazine rings is 1. The maximum absolute atomic E-state index is 11.6. The summed E-state index contributed by atoms with van der Waals surface area (Å²) in [5.74, 6) is 0.965. The summed E-state index contributed by atoms with van der Waals surface area (Å²) in [4.78, 5) is 18.1. The zero-order valence-corrected chi connectivity index (χ0v) is 18.1. The van der Waals surface area contributed by atoms with E-state index in [2.05, 4.69) is 16.8 Å². The molecule has 1 aromatic rings. The number of likely N-dealkylation sites (N-methyl/N-ethyl adjacent to an activating group) is 2. The molecule has 0 spiro atoms. The van der Waals surface area contributed by atoms with Crippen LogP contribution in [0.4, 0.5) is 0 Å². The lowest BCUT2D eigenvalue weighted by Gasteiger charge is -2.33. The molecule has 1 saturated heterocycles. The van der Waals surface area contributed by atoms with Crippen LogP contribution in [0.25, 0.3) is 0 Å². The van der Waals surface area contributed by atoms with Gasteiger partial charge >= 0.3 is 5.97 Å². The number of hydrogen-bond donors (Lipinski definition) is 1. The predicted molar refractivity (Wildman–Crippen MR) is 111 cm³/mol. The topological polar surface area (TPSA) is 74.7 Å². The number of carbonyl (C=O) groups is 1. The minimum absolute atomic E-state index is 0.199. The maximum atomic E-state index is 11.6. The highest BCUT2D eigenvalue weighted by Gasteiger charge is 2.18. The largest absolute Gasteiger partial charge is 0.493 e. The average molecular weight is 410 g/mol. The number of ether oxygens (including phenoxy) is 3. The van der Waals surface area contributed by atoms with Gasteiger partial charge < -0.3 is 24.2 Å². The van der Waals surface area contributed by atoms with E-state index in [1.54, 1.807) is 14.0 Å². The third-order valence-electron chi connectivity index (χ3n) is 4.88. The second kappa shape index (κ2) is 12.0. The summed E-state index contributed by atoms with van der Waals surface area (Å²) in [5, 5.41) is 10.4. The van der Waals surface area contributed by atoms with Crippen molar-refractivity contribution in [2.75, 3.05) is 73.7 Å². The van der Waals surface area contributed by atoms with Gasteiger partial charge in [-0.2, -0.15) is 0 Å². The number of hydrogen-bond acceptors (Lipinski definition) is 8. The van der Waals surface area contributed by atoms with Gasteiger partial charge in [0.1, 0.15) is 12.7 Å². The zero-order valence-electron chi connectivity index (χ0n) is 18.1. The van der Waals surface area contributed by atoms with Crippen molar-refractivity contribution >= 4 is 5.97 Å². The predicted octanol–water partition coefficient (Wildman–Crippen LogP) is 0.677. The Morgan fingerprint density at radius 1 is 1.24 bits per heavy atom. The van der Waals surface area contributed by atoms with Crippen LogP contribution in [0.3, 0.4) is 0 Å². The SMILES string of the molecule is CCOC(=O)CN(C)Cc1ccc(OC)c(OCC(O)CN2CCN(C)CC2)c1. The van der Waals surface area contributed by atoms with Gasteiger partial charge in [0, 0.05) is 39.3 Å². The van der Waals surface area contributed by atoms with E-state index in [1.807, 2.05) is 30.1 Å². The quantitative estimate of drug-likeness (QED) is 0.535. The summed E-state index contributed by atoms with van der Waals surface area (Å²) in [7, 11) is 5.57. The molecule has 8 nitrogen and oxygen atoms in total. The lowest BCUT2D eigenvalue weighted by molar-refractivity contribution is -0.144. The van der Waals surface area contributed by atoms with E-state index < -0.39 is 6.10 Å². The Morgan fingerprint density at radius 2 is 1.97 bits per heavy atom. The van der Waals surface area contributed by atoms with Crippen molar-refractivity contribution in [2.45, 2.75) is 19.6 Å². The first-order valence-corrected chi connectivity index (χ1v) is 10.1. The van der Waals surface area contributed by atoms with E-state index in [1.165, 1.54) is 0 Å². The fourth-order valence-electron chi connectivity index (χ4n) is 3.29. The van der Waals surface area contributed by atoms with E-state index in [-0.39, 0.29) is 19.1 Å². The molecule has 1 aliphatic rings. The molecular formula is C21H35N3O5. The molecule has 29 heavy (non-hydrogen) atoms. The number of carbonyl (C=O) groups excluding carboxylic acids is 1. The highest BCUT2D eigenvalue weighted by molar-refractivity contribution is 5.71. The van der Waals surface area contributed by atoms with Gasteiger partial charge in [0.25, 0.3) is 0 Å². The van der Waals surface area contributed by atoms with E-state index in [0.29, 0.717) is 31.2 Å². The van der Waals surface area contributed by atoms with Crippen LogP contribution in [0.2, 0.25) is 0 Å². The summed E-state index contributed by atoms with van der Waals surface area (Å²) in [6, 6.07) is 5.67. The molecule has 1 unspecified atom stereocenters. The Hall–Kier alpha value is -1.87. The number of benzene rings is 1. The van der Waals surface area contributed by atoms with E-state index >= 15 is 0 Å². The van der Waals surface area contributed by atoms with Gasteiger partial charge in [-0.15, -0.1) is 0 Å². The van der Waals surface area contributed by atoms with E-state index in [9.17, 15) is 9.90 Å². The van der Waals surface area contributed by atoms with Crippen molar-refractivity contribution in [1.82, 2.24) is 14.7 Å². The van der Waals surface area contributed by atoms with Gasteiger partial charge in [-0.05, 0) is 38.7 Å². The molecule has 0 radical (unpaired) electrons. The van der Waals surface area contributed by atoms with Crippen molar-refractivity contribution in [3.63, 3.8) is 0 Å². The monoisotopic (exact) mass is 409 g/mol. The van der Waals surface area contributed by atoms with Gasteiger partial charge in [-0.1, -0.05) is 6.07 Å². The second-order valence-electron chi connectivity index (χ2n) is 7.53. The minimum atomic E-state index is -0.571. The number of esters is 1. The van der Waals surface area contributed by atoms with Crippen molar-refractivity contribution < 1.29 is 24.1 Å². The summed E-state index contributed by atoms with van der Waals surface area (Å²) < 4.78 is 16.2. The number of aliphatic hydroxyl groups excluding tert-OH is 1. The molecule has 8 heteroatoms. The molecule has 0 aromatic heterocycles. The minimum Gasteiger partial charge on any atom is -0.493 e. The van der Waals surface area contributed by atoms with Crippen molar-refractivity contribution in [3.05, 3.63) is 23.8 Å². The first-order chi connectivity index (χ1) is 13.9. The third-order valence-corrected chi connectivity index (χ3v) is 4.88. The molecule has 0 amide bonds. The van der Waals surface area contributed by atoms with Crippen LogP contribution in [0.15, 0.2) is 18.2 Å². The number of nitrogens with zero attached hydrogens (tertiary/aromatic N) is 3. The molecular weight excluding hydrogens is 374 g/mol. The second-order valence-corrected chi connectivity index (χ2v) is 7.53. The Morgan fingerprint density at radius 3 is 2.62 bits per heavy atom. The maximum Gasteiger partial charge on any atom is 0.320 e. The molecule has 1 aliphatic heterocycles. The standard InChI is InChI=1S/C21H35N3O5/c1-5-28-21(26)15-23(3)13-17-6-7-19(27-4)20(12-17)29-16-18(25)14-24-10-8-22(2)9-11-24/h6-7,12,18,25H,5,8-11,13-16H2,1-4H3. The molecule has 1 N–H and O–H groups in total. The summed E-state index contributed by atoms with van der Waals surface area (Å²) >= 11 is 0. The lowest BCUT2D eigenvalue weighted by Crippen LogP contribution is -2.47. The Labute approximate surface area is 173 Å². The molecule has 0 aliphatic carbocycles. The smallest absolute Gasteiger partial charge is 0.320 e. The van der Waals surface area contributed by atoms with Gasteiger partial charge in [0.05, 0.1) is 20.3 Å². The van der Waals surface area contributed by atoms with Crippen LogP contribution >= 0.6 is 0 Å². The molecule has 2 rings (SSSR count). The van der Waals surface area contributed by atoms with Crippen LogP contribution in [0.1, 0.15) is 12.5 Å². The van der Waals surface area contributed by atoms with Gasteiger partial charge in [-0.3, -0.25) is 14.6 Å². The van der Waals surface area contributed by atoms with Crippen molar-refractivity contribution in [2.24, 2.45) is 0 Å². The molecule has 0 saturated carbocycles. The van der Waals surface area contributed by atoms with Crippen LogP contribution in [-0.4, -0.2) is 106 Å². The van der Waals surface area contributed by atoms with Crippen molar-refractivity contribution in [1.29, 1.82) is 0 Å². The summed E-state index contributed by atoms with van der Waals surface area (Å²) in [6.45, 7) is 7.71. The van der Waals surface area contributed by atoms with Crippen molar-refractivity contribution in [3.8, 4) is 11.5 Å². The Kier molecular flexibility index (Phi) is 9.66. The molecule has 1 aromatic carbocycles. The zero-order chi connectivity index (χ0) is 21.2. The normalized spacial score (nSPS) is 16.6. The van der Waals surface area contributed by atoms with E-state index in [4.69, 9.17) is 14.2 Å². The van der Waals surface area contributed by atoms with E-state index in [0.717, 1.165) is 31.7 Å². The van der Waals surface area contributed by atoms with Crippen LogP contribution in [0.5, 0.6) is 11.5 Å². The Bertz CT molecular complexity index is 635. The average Bonchev–Trinajstić information content (AvgIpc) is 2.68. The fourth-order valence-corrected chi connectivity index (χ4v) is 3.29. The number of methoxy groups -OCH3 is 1. The van der Waals surface area contributed by atoms with Gasteiger partial charge in [0.15, 0.2) is 11.5 Å². The number of rotatable bonds is 11. The molecule has 1 fully saturated rings. The highest BCUT2D eigenvalue weighted by Crippen LogP contribution is 2.28. The first kappa shape index (κ1) is 23.4. The molecule has 1 atom stereocenters. The van der Waals surface area contributed by atoms with Gasteiger partial charge in [0.2, 0.25) is 0 Å². The van der Waals surface area contributed by atoms with Crippen LogP contribution in [0, 0.1) is 0 Å². The first-order valence-electron chi connectivity index (χ1n) is 10.1. The fraction of sp³-hybridized carbons (Fsp3) is 0.667.